The van der Waals surface area contributed by atoms with Gasteiger partial charge in [0.15, 0.2) is 5.70 Å². The van der Waals surface area contributed by atoms with Gasteiger partial charge in [0.1, 0.15) is 17.2 Å². The van der Waals surface area contributed by atoms with Crippen molar-refractivity contribution in [2.45, 2.75) is 11.4 Å². The highest BCUT2D eigenvalue weighted by Crippen LogP contribution is 2.39. The second-order valence-electron chi connectivity index (χ2n) is 3.22. The summed E-state index contributed by atoms with van der Waals surface area (Å²) < 4.78 is 4.94. The molecule has 1 amide bonds. The van der Waals surface area contributed by atoms with Crippen LogP contribution in [0.4, 0.5) is 0 Å². The van der Waals surface area contributed by atoms with Crippen LogP contribution < -0.4 is 5.73 Å². The van der Waals surface area contributed by atoms with Crippen molar-refractivity contribution in [2.75, 3.05) is 12.9 Å². The van der Waals surface area contributed by atoms with Crippen molar-refractivity contribution >= 4 is 23.6 Å². The fourth-order valence-corrected chi connectivity index (χ4v) is 2.90. The predicted octanol–water partition coefficient (Wildman–Crippen LogP) is -0.829. The lowest BCUT2D eigenvalue weighted by molar-refractivity contribution is -0.148. The number of rotatable bonds is 2. The van der Waals surface area contributed by atoms with Crippen molar-refractivity contribution in [3.63, 3.8) is 0 Å². The number of thioether (sulfide) groups is 1. The van der Waals surface area contributed by atoms with E-state index in [0.717, 1.165) is 0 Å². The van der Waals surface area contributed by atoms with Gasteiger partial charge in [0, 0.05) is 0 Å². The lowest BCUT2D eigenvalue weighted by atomic mass is 10.1. The molecule has 2 aliphatic heterocycles. The maximum atomic E-state index is 11.4. The van der Waals surface area contributed by atoms with Gasteiger partial charge < -0.3 is 15.6 Å². The largest absolute Gasteiger partial charge is 0.498 e. The second-order valence-corrected chi connectivity index (χ2v) is 4.32. The van der Waals surface area contributed by atoms with Gasteiger partial charge in [-0.2, -0.15) is 0 Å². The molecule has 2 heterocycles. The molecule has 0 aromatic carbocycles. The van der Waals surface area contributed by atoms with Gasteiger partial charge in [-0.05, 0) is 0 Å². The van der Waals surface area contributed by atoms with Gasteiger partial charge >= 0.3 is 5.97 Å². The molecule has 3 N–H and O–H groups in total. The molecule has 7 heteroatoms. The molecule has 1 unspecified atom stereocenters. The molecule has 82 valence electrons. The molecule has 0 saturated carbocycles. The number of aliphatic carboxylic acids is 1. The number of carboxylic acids is 1. The topological polar surface area (TPSA) is 92.9 Å². The van der Waals surface area contributed by atoms with E-state index in [0.29, 0.717) is 11.5 Å². The van der Waals surface area contributed by atoms with Crippen LogP contribution in [0.25, 0.3) is 0 Å². The van der Waals surface area contributed by atoms with E-state index in [4.69, 9.17) is 15.6 Å². The molecule has 15 heavy (non-hydrogen) atoms. The Kier molecular flexibility index (Phi) is 2.35. The molecular formula is C8H10N2O4S. The van der Waals surface area contributed by atoms with Gasteiger partial charge in [-0.15, -0.1) is 11.8 Å². The monoisotopic (exact) mass is 230 g/mol. The fourth-order valence-electron chi connectivity index (χ4n) is 1.64. The predicted molar refractivity (Wildman–Crippen MR) is 52.7 cm³/mol. The summed E-state index contributed by atoms with van der Waals surface area (Å²) in [7, 11) is 1.39. The molecule has 1 saturated heterocycles. The number of carbonyl (C=O) groups excluding carboxylic acids is 1. The van der Waals surface area contributed by atoms with E-state index in [2.05, 4.69) is 0 Å². The van der Waals surface area contributed by atoms with Crippen LogP contribution in [-0.2, 0) is 14.3 Å². The van der Waals surface area contributed by atoms with E-state index in [9.17, 15) is 9.59 Å². The molecule has 2 atom stereocenters. The lowest BCUT2D eigenvalue weighted by Crippen LogP contribution is -2.68. The molecule has 1 fully saturated rings. The number of β-lactam (4-membered cyclic amide) rings is 1. The lowest BCUT2D eigenvalue weighted by Gasteiger charge is -2.47. The number of amides is 1. The van der Waals surface area contributed by atoms with Crippen LogP contribution >= 0.6 is 11.8 Å². The molecule has 0 bridgehead atoms. The highest BCUT2D eigenvalue weighted by atomic mass is 32.2. The van der Waals surface area contributed by atoms with E-state index in [1.807, 2.05) is 0 Å². The quantitative estimate of drug-likeness (QED) is 0.601. The molecule has 0 aromatic rings. The molecule has 0 spiro atoms. The van der Waals surface area contributed by atoms with E-state index < -0.39 is 12.0 Å². The third-order valence-electron chi connectivity index (χ3n) is 2.42. The van der Waals surface area contributed by atoms with Crippen LogP contribution in [0.2, 0.25) is 0 Å². The Morgan fingerprint density at radius 1 is 1.73 bits per heavy atom. The highest BCUT2D eigenvalue weighted by Gasteiger charge is 2.52. The summed E-state index contributed by atoms with van der Waals surface area (Å²) in [5.41, 5.74) is 5.48. The summed E-state index contributed by atoms with van der Waals surface area (Å²) in [6, 6.07) is -0.595. The summed E-state index contributed by atoms with van der Waals surface area (Å²) in [5, 5.41) is 8.72. The average molecular weight is 230 g/mol. The van der Waals surface area contributed by atoms with Crippen molar-refractivity contribution in [2.24, 2.45) is 5.73 Å². The molecule has 2 rings (SSSR count). The molecule has 0 aliphatic carbocycles. The van der Waals surface area contributed by atoms with Crippen LogP contribution in [0, 0.1) is 0 Å². The van der Waals surface area contributed by atoms with Crippen LogP contribution in [-0.4, -0.2) is 46.2 Å². The summed E-state index contributed by atoms with van der Waals surface area (Å²) >= 11 is 1.41. The van der Waals surface area contributed by atoms with Crippen molar-refractivity contribution in [1.29, 1.82) is 0 Å². The summed E-state index contributed by atoms with van der Waals surface area (Å²) in [4.78, 5) is 23.6. The van der Waals surface area contributed by atoms with Crippen LogP contribution in [0.5, 0.6) is 0 Å². The number of carbonyl (C=O) groups is 2. The first-order valence-electron chi connectivity index (χ1n) is 4.28. The summed E-state index contributed by atoms with van der Waals surface area (Å²) in [6.45, 7) is 0. The van der Waals surface area contributed by atoms with Crippen molar-refractivity contribution in [3.05, 3.63) is 11.5 Å². The van der Waals surface area contributed by atoms with E-state index in [1.165, 1.54) is 23.8 Å². The third kappa shape index (κ3) is 1.30. The minimum Gasteiger partial charge on any atom is -0.498 e. The molecule has 2 aliphatic rings. The van der Waals surface area contributed by atoms with Gasteiger partial charge in [-0.3, -0.25) is 9.69 Å². The van der Waals surface area contributed by atoms with Crippen LogP contribution in [0.3, 0.4) is 0 Å². The van der Waals surface area contributed by atoms with E-state index in [1.54, 1.807) is 0 Å². The number of hydrogen-bond acceptors (Lipinski definition) is 5. The molecular weight excluding hydrogens is 220 g/mol. The Hall–Kier alpha value is -1.21. The van der Waals surface area contributed by atoms with Crippen LogP contribution in [0.15, 0.2) is 11.5 Å². The summed E-state index contributed by atoms with van der Waals surface area (Å²) in [6.07, 6.45) is 0. The van der Waals surface area contributed by atoms with Crippen molar-refractivity contribution in [1.82, 2.24) is 4.90 Å². The van der Waals surface area contributed by atoms with E-state index >= 15 is 0 Å². The Morgan fingerprint density at radius 2 is 2.40 bits per heavy atom. The number of nitrogens with two attached hydrogens (primary N) is 1. The standard InChI is InChI=1S/C8H10N2O4S/c1-14-3-2-15-7-4(9)6(11)10(7)5(3)8(12)13/h4,7H,2,9H2,1H3,(H,12,13)/t4?,7-/m0/s1. The Balaban J connectivity index is 2.38. The maximum Gasteiger partial charge on any atom is 0.356 e. The molecule has 0 radical (unpaired) electrons. The van der Waals surface area contributed by atoms with E-state index in [-0.39, 0.29) is 17.0 Å². The van der Waals surface area contributed by atoms with Gasteiger partial charge in [-0.1, -0.05) is 0 Å². The fraction of sp³-hybridized carbons (Fsp3) is 0.500. The van der Waals surface area contributed by atoms with Gasteiger partial charge in [0.05, 0.1) is 12.9 Å². The smallest absolute Gasteiger partial charge is 0.356 e. The van der Waals surface area contributed by atoms with Crippen molar-refractivity contribution in [3.8, 4) is 0 Å². The number of carboxylic acid groups (broad SMARTS) is 1. The zero-order valence-corrected chi connectivity index (χ0v) is 8.78. The minimum atomic E-state index is -1.16. The number of fused-ring (bicyclic) bond motifs is 1. The SMILES string of the molecule is COC1=C(C(=O)O)N2C(=O)C(N)[C@@H]2SC1. The van der Waals surface area contributed by atoms with Gasteiger partial charge in [0.2, 0.25) is 5.91 Å². The average Bonchev–Trinajstić information content (AvgIpc) is 2.25. The van der Waals surface area contributed by atoms with Gasteiger partial charge in [-0.25, -0.2) is 4.79 Å². The number of methoxy groups -OCH3 is 1. The number of nitrogens with zero attached hydrogens (tertiary/aromatic N) is 1. The Morgan fingerprint density at radius 3 is 2.93 bits per heavy atom. The highest BCUT2D eigenvalue weighted by molar-refractivity contribution is 8.00. The third-order valence-corrected chi connectivity index (χ3v) is 3.70. The number of ether oxygens (including phenoxy) is 1. The second kappa shape index (κ2) is 3.42. The minimum absolute atomic E-state index is 0.0760. The first-order valence-corrected chi connectivity index (χ1v) is 5.33. The maximum absolute atomic E-state index is 11.4. The normalized spacial score (nSPS) is 29.7. The van der Waals surface area contributed by atoms with Gasteiger partial charge in [0.25, 0.3) is 0 Å². The zero-order valence-electron chi connectivity index (χ0n) is 7.97. The van der Waals surface area contributed by atoms with Crippen molar-refractivity contribution < 1.29 is 19.4 Å². The Labute approximate surface area is 90.0 Å². The zero-order chi connectivity index (χ0) is 11.2. The first kappa shape index (κ1) is 10.3. The number of hydrogen-bond donors (Lipinski definition) is 2. The van der Waals surface area contributed by atoms with Crippen LogP contribution in [0.1, 0.15) is 0 Å². The molecule has 0 aromatic heterocycles. The Bertz CT molecular complexity index is 368. The first-order chi connectivity index (χ1) is 7.07. The molecule has 6 nitrogen and oxygen atoms in total. The summed E-state index contributed by atoms with van der Waals surface area (Å²) in [5.74, 6) is -0.777.